The Morgan fingerprint density at radius 3 is 2.83 bits per heavy atom. The van der Waals surface area contributed by atoms with Gasteiger partial charge in [0, 0.05) is 5.56 Å². The van der Waals surface area contributed by atoms with Crippen molar-refractivity contribution in [3.8, 4) is 11.5 Å². The van der Waals surface area contributed by atoms with Crippen LogP contribution in [0.4, 0.5) is 0 Å². The SMILES string of the molecule is CCCc1c(O)ccc2c1O[C@](C)(C=O)CC2=O. The van der Waals surface area contributed by atoms with Crippen molar-refractivity contribution in [3.05, 3.63) is 23.3 Å². The van der Waals surface area contributed by atoms with Gasteiger partial charge in [0.2, 0.25) is 0 Å². The molecule has 1 aromatic carbocycles. The molecule has 1 N–H and O–H groups in total. The van der Waals surface area contributed by atoms with Crippen molar-refractivity contribution in [2.24, 2.45) is 0 Å². The van der Waals surface area contributed by atoms with Crippen molar-refractivity contribution in [1.82, 2.24) is 0 Å². The fraction of sp³-hybridized carbons (Fsp3) is 0.429. The molecule has 0 aromatic heterocycles. The first kappa shape index (κ1) is 12.6. The Morgan fingerprint density at radius 2 is 2.22 bits per heavy atom. The van der Waals surface area contributed by atoms with Crippen molar-refractivity contribution < 1.29 is 19.4 Å². The fourth-order valence-electron chi connectivity index (χ4n) is 2.19. The standard InChI is InChI=1S/C14H16O4/c1-3-4-9-11(16)6-5-10-12(17)7-14(2,8-15)18-13(9)10/h5-6,8,16H,3-4,7H2,1-2H3/t14-/m0/s1. The Balaban J connectivity index is 2.57. The number of hydrogen-bond donors (Lipinski definition) is 1. The van der Waals surface area contributed by atoms with Gasteiger partial charge in [0.15, 0.2) is 17.7 Å². The lowest BCUT2D eigenvalue weighted by molar-refractivity contribution is -0.120. The Hall–Kier alpha value is -1.84. The highest BCUT2D eigenvalue weighted by Crippen LogP contribution is 2.39. The zero-order valence-corrected chi connectivity index (χ0v) is 10.5. The molecule has 0 unspecified atom stereocenters. The van der Waals surface area contributed by atoms with Crippen LogP contribution in [0, 0.1) is 0 Å². The molecular weight excluding hydrogens is 232 g/mol. The highest BCUT2D eigenvalue weighted by molar-refractivity contribution is 6.02. The van der Waals surface area contributed by atoms with Crippen LogP contribution in [-0.4, -0.2) is 22.8 Å². The molecule has 4 heteroatoms. The first-order valence-corrected chi connectivity index (χ1v) is 6.04. The fourth-order valence-corrected chi connectivity index (χ4v) is 2.19. The summed E-state index contributed by atoms with van der Waals surface area (Å²) in [6, 6.07) is 3.06. The highest BCUT2D eigenvalue weighted by atomic mass is 16.5. The van der Waals surface area contributed by atoms with Gasteiger partial charge < -0.3 is 9.84 Å². The van der Waals surface area contributed by atoms with Crippen LogP contribution < -0.4 is 4.74 Å². The van der Waals surface area contributed by atoms with Gasteiger partial charge >= 0.3 is 0 Å². The van der Waals surface area contributed by atoms with Gasteiger partial charge in [-0.15, -0.1) is 0 Å². The van der Waals surface area contributed by atoms with Crippen molar-refractivity contribution in [3.63, 3.8) is 0 Å². The van der Waals surface area contributed by atoms with Crippen LogP contribution in [0.15, 0.2) is 12.1 Å². The Labute approximate surface area is 106 Å². The van der Waals surface area contributed by atoms with E-state index in [4.69, 9.17) is 4.74 Å². The lowest BCUT2D eigenvalue weighted by atomic mass is 9.90. The van der Waals surface area contributed by atoms with Crippen molar-refractivity contribution >= 4 is 12.1 Å². The minimum atomic E-state index is -1.12. The van der Waals surface area contributed by atoms with E-state index in [1.54, 1.807) is 13.0 Å². The highest BCUT2D eigenvalue weighted by Gasteiger charge is 2.37. The molecule has 0 spiro atoms. The molecule has 1 heterocycles. The van der Waals surface area contributed by atoms with Gasteiger partial charge in [0.25, 0.3) is 0 Å². The van der Waals surface area contributed by atoms with Gasteiger partial charge in [-0.25, -0.2) is 0 Å². The van der Waals surface area contributed by atoms with Crippen LogP contribution in [0.25, 0.3) is 0 Å². The molecule has 0 amide bonds. The predicted octanol–water partition coefficient (Wildman–Crippen LogP) is 2.27. The summed E-state index contributed by atoms with van der Waals surface area (Å²) in [7, 11) is 0. The molecule has 1 atom stereocenters. The Bertz CT molecular complexity index is 507. The number of fused-ring (bicyclic) bond motifs is 1. The van der Waals surface area contributed by atoms with E-state index >= 15 is 0 Å². The van der Waals surface area contributed by atoms with Crippen LogP contribution >= 0.6 is 0 Å². The molecule has 0 fully saturated rings. The third-order valence-electron chi connectivity index (χ3n) is 3.13. The van der Waals surface area contributed by atoms with Crippen LogP contribution in [0.2, 0.25) is 0 Å². The molecule has 4 nitrogen and oxygen atoms in total. The quantitative estimate of drug-likeness (QED) is 0.833. The summed E-state index contributed by atoms with van der Waals surface area (Å²) in [5.74, 6) is 0.351. The molecule has 1 aromatic rings. The van der Waals surface area contributed by atoms with Crippen LogP contribution in [0.1, 0.15) is 42.6 Å². The summed E-state index contributed by atoms with van der Waals surface area (Å²) < 4.78 is 5.65. The third-order valence-corrected chi connectivity index (χ3v) is 3.13. The van der Waals surface area contributed by atoms with Gasteiger partial charge in [-0.2, -0.15) is 0 Å². The molecule has 0 radical (unpaired) electrons. The minimum absolute atomic E-state index is 0.0415. The third kappa shape index (κ3) is 1.98. The molecule has 0 bridgehead atoms. The van der Waals surface area contributed by atoms with Gasteiger partial charge in [-0.3, -0.25) is 9.59 Å². The van der Waals surface area contributed by atoms with Gasteiger partial charge in [0.05, 0.1) is 12.0 Å². The largest absolute Gasteiger partial charge is 0.508 e. The Morgan fingerprint density at radius 1 is 1.50 bits per heavy atom. The Kier molecular flexibility index (Phi) is 3.11. The molecule has 0 saturated heterocycles. The lowest BCUT2D eigenvalue weighted by Gasteiger charge is -2.31. The first-order valence-electron chi connectivity index (χ1n) is 6.04. The molecule has 0 aliphatic carbocycles. The summed E-state index contributed by atoms with van der Waals surface area (Å²) in [6.07, 6.45) is 2.12. The number of benzene rings is 1. The second-order valence-electron chi connectivity index (χ2n) is 4.82. The van der Waals surface area contributed by atoms with E-state index in [2.05, 4.69) is 0 Å². The topological polar surface area (TPSA) is 63.6 Å². The molecule has 1 aliphatic rings. The number of carbonyl (C=O) groups excluding carboxylic acids is 2. The monoisotopic (exact) mass is 248 g/mol. The second-order valence-corrected chi connectivity index (χ2v) is 4.82. The number of ketones is 1. The van der Waals surface area contributed by atoms with Crippen molar-refractivity contribution in [1.29, 1.82) is 0 Å². The van der Waals surface area contributed by atoms with Gasteiger partial charge in [-0.05, 0) is 25.5 Å². The average molecular weight is 248 g/mol. The summed E-state index contributed by atoms with van der Waals surface area (Å²) in [5.41, 5.74) is -0.0629. The second kappa shape index (κ2) is 4.44. The van der Waals surface area contributed by atoms with Gasteiger partial charge in [-0.1, -0.05) is 13.3 Å². The number of ether oxygens (including phenoxy) is 1. The van der Waals surface area contributed by atoms with Crippen molar-refractivity contribution in [2.45, 2.75) is 38.7 Å². The zero-order valence-electron chi connectivity index (χ0n) is 10.5. The predicted molar refractivity (Wildman–Crippen MR) is 66.1 cm³/mol. The van der Waals surface area contributed by atoms with E-state index in [-0.39, 0.29) is 18.0 Å². The van der Waals surface area contributed by atoms with E-state index in [1.165, 1.54) is 6.07 Å². The molecule has 2 rings (SSSR count). The maximum Gasteiger partial charge on any atom is 0.171 e. The number of aldehydes is 1. The molecular formula is C14H16O4. The van der Waals surface area contributed by atoms with Crippen molar-refractivity contribution in [2.75, 3.05) is 0 Å². The summed E-state index contributed by atoms with van der Waals surface area (Å²) in [6.45, 7) is 3.56. The molecule has 18 heavy (non-hydrogen) atoms. The number of hydrogen-bond acceptors (Lipinski definition) is 4. The summed E-state index contributed by atoms with van der Waals surface area (Å²) in [4.78, 5) is 23.1. The van der Waals surface area contributed by atoms with Crippen LogP contribution in [-0.2, 0) is 11.2 Å². The number of rotatable bonds is 3. The smallest absolute Gasteiger partial charge is 0.171 e. The summed E-state index contributed by atoms with van der Waals surface area (Å²) in [5, 5.41) is 9.85. The molecule has 0 saturated carbocycles. The first-order chi connectivity index (χ1) is 8.50. The summed E-state index contributed by atoms with van der Waals surface area (Å²) >= 11 is 0. The van der Waals surface area contributed by atoms with E-state index in [9.17, 15) is 14.7 Å². The number of Topliss-reactive ketones (excluding diaryl/α,β-unsaturated/α-hetero) is 1. The van der Waals surface area contributed by atoms with E-state index in [0.29, 0.717) is 29.6 Å². The number of phenols is 1. The number of phenolic OH excluding ortho intramolecular Hbond substituents is 1. The van der Waals surface area contributed by atoms with E-state index < -0.39 is 5.60 Å². The lowest BCUT2D eigenvalue weighted by Crippen LogP contribution is -2.41. The van der Waals surface area contributed by atoms with E-state index in [0.717, 1.165) is 6.42 Å². The van der Waals surface area contributed by atoms with Crippen LogP contribution in [0.5, 0.6) is 11.5 Å². The average Bonchev–Trinajstić information content (AvgIpc) is 2.33. The molecule has 1 aliphatic heterocycles. The normalized spacial score (nSPS) is 22.2. The number of carbonyl (C=O) groups is 2. The maximum atomic E-state index is 12.0. The van der Waals surface area contributed by atoms with E-state index in [1.807, 2.05) is 6.92 Å². The minimum Gasteiger partial charge on any atom is -0.508 e. The maximum absolute atomic E-state index is 12.0. The zero-order chi connectivity index (χ0) is 13.3. The number of aromatic hydroxyl groups is 1. The molecule has 96 valence electrons. The van der Waals surface area contributed by atoms with Gasteiger partial charge in [0.1, 0.15) is 11.5 Å². The van der Waals surface area contributed by atoms with Crippen LogP contribution in [0.3, 0.4) is 0 Å².